The third-order valence-corrected chi connectivity index (χ3v) is 1.86. The Balaban J connectivity index is 2.70. The smallest absolute Gasteiger partial charge is 0.406 e. The molecule has 1 aromatic rings. The Morgan fingerprint density at radius 3 is 2.08 bits per heavy atom. The molecular weight excluding hydrogens is 200 g/mol. The van der Waals surface area contributed by atoms with Gasteiger partial charge in [0.15, 0.2) is 0 Å². The first-order valence-corrected chi connectivity index (χ1v) is 4.37. The van der Waals surface area contributed by atoms with E-state index in [9.17, 15) is 13.2 Å². The molecule has 0 saturated carbocycles. The molecule has 0 aliphatic rings. The minimum Gasteiger partial charge on any atom is -0.406 e. The van der Waals surface area contributed by atoms with Gasteiger partial charge in [-0.15, -0.1) is 22.4 Å². The van der Waals surface area contributed by atoms with Gasteiger partial charge in [0.1, 0.15) is 5.75 Å². The maximum atomic E-state index is 11.7. The van der Waals surface area contributed by atoms with Crippen LogP contribution in [0.3, 0.4) is 0 Å². The number of benzene rings is 1. The number of halogens is 3. The molecule has 0 aromatic heterocycles. The van der Waals surface area contributed by atoms with Gasteiger partial charge in [0.2, 0.25) is 0 Å². The van der Waals surface area contributed by atoms with Crippen LogP contribution in [0, 0.1) is 0 Å². The third kappa shape index (κ3) is 3.64. The lowest BCUT2D eigenvalue weighted by Gasteiger charge is -2.08. The van der Waals surface area contributed by atoms with Crippen molar-refractivity contribution in [3.63, 3.8) is 0 Å². The summed E-state index contributed by atoms with van der Waals surface area (Å²) in [6.45, 7) is 0. The summed E-state index contributed by atoms with van der Waals surface area (Å²) >= 11 is 0. The second-order valence-corrected chi connectivity index (χ2v) is 2.80. The predicted octanol–water partition coefficient (Wildman–Crippen LogP) is 2.96. The van der Waals surface area contributed by atoms with E-state index >= 15 is 0 Å². The van der Waals surface area contributed by atoms with Crippen molar-refractivity contribution in [2.75, 3.05) is 0 Å². The summed E-state index contributed by atoms with van der Waals surface area (Å²) in [4.78, 5) is 0. The van der Waals surface area contributed by atoms with Gasteiger partial charge < -0.3 is 4.74 Å². The van der Waals surface area contributed by atoms with Gasteiger partial charge in [-0.1, -0.05) is 12.1 Å². The Labute approximate surface area is 76.1 Å². The van der Waals surface area contributed by atoms with Crippen LogP contribution in [-0.2, 0) is 6.16 Å². The molecule has 0 bridgehead atoms. The number of hydrogen-bond donors (Lipinski definition) is 0. The van der Waals surface area contributed by atoms with Crippen molar-refractivity contribution >= 4 is 9.24 Å². The Morgan fingerprint density at radius 1 is 1.15 bits per heavy atom. The molecular formula is C8H8F3OP. The molecule has 0 heterocycles. The Kier molecular flexibility index (Phi) is 3.15. The zero-order valence-corrected chi connectivity index (χ0v) is 7.79. The quantitative estimate of drug-likeness (QED) is 0.679. The van der Waals surface area contributed by atoms with E-state index < -0.39 is 6.36 Å². The number of hydrogen-bond acceptors (Lipinski definition) is 1. The fourth-order valence-electron chi connectivity index (χ4n) is 0.827. The second-order valence-electron chi connectivity index (χ2n) is 2.40. The summed E-state index contributed by atoms with van der Waals surface area (Å²) in [6.07, 6.45) is -3.89. The van der Waals surface area contributed by atoms with Crippen molar-refractivity contribution in [3.8, 4) is 5.75 Å². The minimum absolute atomic E-state index is 0.185. The Hall–Kier alpha value is -0.760. The molecule has 1 nitrogen and oxygen atoms in total. The van der Waals surface area contributed by atoms with Gasteiger partial charge >= 0.3 is 6.36 Å². The molecule has 0 aliphatic carbocycles. The topological polar surface area (TPSA) is 9.23 Å². The summed E-state index contributed by atoms with van der Waals surface area (Å²) < 4.78 is 38.8. The molecule has 0 aliphatic heterocycles. The van der Waals surface area contributed by atoms with E-state index in [1.165, 1.54) is 12.1 Å². The van der Waals surface area contributed by atoms with Gasteiger partial charge in [0, 0.05) is 0 Å². The molecule has 1 aromatic carbocycles. The number of alkyl halides is 3. The maximum Gasteiger partial charge on any atom is 0.573 e. The van der Waals surface area contributed by atoms with E-state index in [1.54, 1.807) is 12.1 Å². The fraction of sp³-hybridized carbons (Fsp3) is 0.250. The molecule has 1 unspecified atom stereocenters. The largest absolute Gasteiger partial charge is 0.573 e. The van der Waals surface area contributed by atoms with Gasteiger partial charge in [-0.3, -0.25) is 0 Å². The SMILES string of the molecule is FC(F)(F)Oc1ccc(CP)cc1. The monoisotopic (exact) mass is 208 g/mol. The lowest BCUT2D eigenvalue weighted by atomic mass is 10.2. The number of rotatable bonds is 2. The van der Waals surface area contributed by atoms with Gasteiger partial charge in [0.25, 0.3) is 0 Å². The van der Waals surface area contributed by atoms with Gasteiger partial charge in [0.05, 0.1) is 0 Å². The van der Waals surface area contributed by atoms with Crippen LogP contribution < -0.4 is 4.74 Å². The standard InChI is InChI=1S/C8H8F3OP/c9-8(10,11)12-7-3-1-6(5-13)2-4-7/h1-4H,5,13H2. The van der Waals surface area contributed by atoms with Gasteiger partial charge in [-0.25, -0.2) is 0 Å². The van der Waals surface area contributed by atoms with Crippen molar-refractivity contribution < 1.29 is 17.9 Å². The van der Waals surface area contributed by atoms with Crippen LogP contribution in [0.5, 0.6) is 5.75 Å². The molecule has 0 radical (unpaired) electrons. The summed E-state index contributed by atoms with van der Waals surface area (Å²) in [6, 6.07) is 5.78. The van der Waals surface area contributed by atoms with E-state index in [1.807, 2.05) is 0 Å². The lowest BCUT2D eigenvalue weighted by Crippen LogP contribution is -2.16. The summed E-state index contributed by atoms with van der Waals surface area (Å²) in [5, 5.41) is 0. The van der Waals surface area contributed by atoms with E-state index in [0.717, 1.165) is 5.56 Å². The van der Waals surface area contributed by atoms with E-state index in [2.05, 4.69) is 14.0 Å². The van der Waals surface area contributed by atoms with Gasteiger partial charge in [-0.2, -0.15) is 0 Å². The van der Waals surface area contributed by atoms with Crippen molar-refractivity contribution in [1.82, 2.24) is 0 Å². The van der Waals surface area contributed by atoms with Crippen LogP contribution in [0.15, 0.2) is 24.3 Å². The van der Waals surface area contributed by atoms with Gasteiger partial charge in [-0.05, 0) is 23.9 Å². The third-order valence-electron chi connectivity index (χ3n) is 1.39. The van der Waals surface area contributed by atoms with Crippen molar-refractivity contribution in [2.45, 2.75) is 12.5 Å². The molecule has 0 spiro atoms. The average molecular weight is 208 g/mol. The van der Waals surface area contributed by atoms with Crippen LogP contribution in [0.2, 0.25) is 0 Å². The highest BCUT2D eigenvalue weighted by Crippen LogP contribution is 2.23. The highest BCUT2D eigenvalue weighted by molar-refractivity contribution is 7.15. The molecule has 1 rings (SSSR count). The molecule has 0 N–H and O–H groups in total. The lowest BCUT2D eigenvalue weighted by molar-refractivity contribution is -0.274. The molecule has 1 atom stereocenters. The second kappa shape index (κ2) is 3.97. The minimum atomic E-state index is -4.61. The summed E-state index contributed by atoms with van der Waals surface area (Å²) in [7, 11) is 2.49. The molecule has 0 saturated heterocycles. The summed E-state index contributed by atoms with van der Waals surface area (Å²) in [5.41, 5.74) is 0.944. The van der Waals surface area contributed by atoms with Crippen molar-refractivity contribution in [2.24, 2.45) is 0 Å². The molecule has 72 valence electrons. The van der Waals surface area contributed by atoms with Crippen LogP contribution in [-0.4, -0.2) is 6.36 Å². The number of ether oxygens (including phenoxy) is 1. The van der Waals surface area contributed by atoms with E-state index in [-0.39, 0.29) is 5.75 Å². The highest BCUT2D eigenvalue weighted by Gasteiger charge is 2.30. The fourth-order valence-corrected chi connectivity index (χ4v) is 1.10. The summed E-state index contributed by atoms with van der Waals surface area (Å²) in [5.74, 6) is -0.185. The van der Waals surface area contributed by atoms with Crippen molar-refractivity contribution in [3.05, 3.63) is 29.8 Å². The zero-order valence-electron chi connectivity index (χ0n) is 6.64. The zero-order chi connectivity index (χ0) is 9.90. The van der Waals surface area contributed by atoms with Crippen LogP contribution in [0.4, 0.5) is 13.2 Å². The first-order chi connectivity index (χ1) is 6.01. The average Bonchev–Trinajstić information content (AvgIpc) is 2.03. The molecule has 13 heavy (non-hydrogen) atoms. The van der Waals surface area contributed by atoms with Crippen LogP contribution in [0.25, 0.3) is 0 Å². The first kappa shape index (κ1) is 10.3. The molecule has 0 amide bonds. The Bertz CT molecular complexity index is 268. The molecule has 0 fully saturated rings. The maximum absolute atomic E-state index is 11.7. The van der Waals surface area contributed by atoms with Crippen LogP contribution >= 0.6 is 9.24 Å². The highest BCUT2D eigenvalue weighted by atomic mass is 31.0. The van der Waals surface area contributed by atoms with E-state index in [0.29, 0.717) is 6.16 Å². The first-order valence-electron chi connectivity index (χ1n) is 3.56. The van der Waals surface area contributed by atoms with Crippen LogP contribution in [0.1, 0.15) is 5.56 Å². The van der Waals surface area contributed by atoms with Crippen molar-refractivity contribution in [1.29, 1.82) is 0 Å². The predicted molar refractivity (Wildman–Crippen MR) is 46.5 cm³/mol. The molecule has 5 heteroatoms. The Morgan fingerprint density at radius 2 is 1.69 bits per heavy atom. The van der Waals surface area contributed by atoms with E-state index in [4.69, 9.17) is 0 Å². The normalized spacial score (nSPS) is 11.4.